The van der Waals surface area contributed by atoms with E-state index in [0.29, 0.717) is 29.9 Å². The molecular weight excluding hydrogens is 502 g/mol. The SMILES string of the molecule is Cc1ccc(C2CC3NCN(c4cccc(-c5nncn5C(C)C)n4)C(=O)C3CC2n2cnc(C3CC3)c2)cn1. The van der Waals surface area contributed by atoms with Gasteiger partial charge < -0.3 is 9.13 Å². The molecule has 4 aromatic rings. The van der Waals surface area contributed by atoms with Gasteiger partial charge >= 0.3 is 0 Å². The second kappa shape index (κ2) is 9.92. The monoisotopic (exact) mass is 537 g/mol. The van der Waals surface area contributed by atoms with Crippen molar-refractivity contribution in [2.24, 2.45) is 5.92 Å². The van der Waals surface area contributed by atoms with E-state index in [9.17, 15) is 4.79 Å². The van der Waals surface area contributed by atoms with Crippen molar-refractivity contribution < 1.29 is 4.79 Å². The molecule has 1 N–H and O–H groups in total. The number of aryl methyl sites for hydroxylation is 1. The van der Waals surface area contributed by atoms with Crippen molar-refractivity contribution in [3.8, 4) is 11.5 Å². The maximum Gasteiger partial charge on any atom is 0.234 e. The smallest absolute Gasteiger partial charge is 0.234 e. The molecule has 1 aliphatic heterocycles. The Morgan fingerprint density at radius 2 is 1.90 bits per heavy atom. The van der Waals surface area contributed by atoms with Gasteiger partial charge in [-0.05, 0) is 70.2 Å². The average Bonchev–Trinajstić information content (AvgIpc) is 3.48. The van der Waals surface area contributed by atoms with Crippen molar-refractivity contribution >= 4 is 11.7 Å². The predicted molar refractivity (Wildman–Crippen MR) is 151 cm³/mol. The van der Waals surface area contributed by atoms with Gasteiger partial charge in [-0.25, -0.2) is 9.97 Å². The lowest BCUT2D eigenvalue weighted by Gasteiger charge is -2.46. The Morgan fingerprint density at radius 3 is 2.67 bits per heavy atom. The summed E-state index contributed by atoms with van der Waals surface area (Å²) in [7, 11) is 0. The summed E-state index contributed by atoms with van der Waals surface area (Å²) in [6.45, 7) is 6.61. The summed E-state index contributed by atoms with van der Waals surface area (Å²) in [5, 5.41) is 12.1. The van der Waals surface area contributed by atoms with E-state index in [1.54, 1.807) is 11.2 Å². The van der Waals surface area contributed by atoms with E-state index in [4.69, 9.17) is 9.97 Å². The van der Waals surface area contributed by atoms with Gasteiger partial charge in [-0.2, -0.15) is 0 Å². The highest BCUT2D eigenvalue weighted by atomic mass is 16.2. The number of anilines is 1. The molecule has 0 radical (unpaired) electrons. The minimum Gasteiger partial charge on any atom is -0.333 e. The topological polar surface area (TPSA) is 107 Å². The molecule has 0 bridgehead atoms. The van der Waals surface area contributed by atoms with Crippen LogP contribution in [0.4, 0.5) is 5.82 Å². The van der Waals surface area contributed by atoms with E-state index in [-0.39, 0.29) is 35.9 Å². The van der Waals surface area contributed by atoms with Gasteiger partial charge in [-0.15, -0.1) is 10.2 Å². The molecule has 7 rings (SSSR count). The molecule has 3 aliphatic rings. The van der Waals surface area contributed by atoms with Crippen LogP contribution in [-0.2, 0) is 4.79 Å². The second-order valence-corrected chi connectivity index (χ2v) is 11.8. The van der Waals surface area contributed by atoms with Crippen LogP contribution in [0.25, 0.3) is 11.5 Å². The lowest BCUT2D eigenvalue weighted by Crippen LogP contribution is -2.60. The standard InChI is InChI=1S/C30H35N9O/c1-18(2)38-17-34-36-29(38)24-5-4-6-28(35-24)39-16-33-25-11-22(21-8-7-19(3)31-13-21)27(12-23(25)30(39)40)37-14-26(32-15-37)20-9-10-20/h4-8,13-15,17-18,20,22-23,25,27,33H,9-12,16H2,1-3H3. The lowest BCUT2D eigenvalue weighted by molar-refractivity contribution is -0.126. The summed E-state index contributed by atoms with van der Waals surface area (Å²) in [6.07, 6.45) is 11.9. The van der Waals surface area contributed by atoms with E-state index in [1.165, 1.54) is 24.1 Å². The van der Waals surface area contributed by atoms with Crippen LogP contribution in [0.1, 0.15) is 80.4 Å². The van der Waals surface area contributed by atoms with Gasteiger partial charge in [-0.1, -0.05) is 12.1 Å². The molecule has 2 aliphatic carbocycles. The molecule has 5 heterocycles. The van der Waals surface area contributed by atoms with E-state index < -0.39 is 0 Å². The first-order valence-electron chi connectivity index (χ1n) is 14.3. The number of hydrogen-bond acceptors (Lipinski definition) is 7. The minimum absolute atomic E-state index is 0.0879. The van der Waals surface area contributed by atoms with Gasteiger partial charge in [0.05, 0.1) is 24.6 Å². The van der Waals surface area contributed by atoms with E-state index in [0.717, 1.165) is 18.5 Å². The minimum atomic E-state index is -0.162. The largest absolute Gasteiger partial charge is 0.333 e. The van der Waals surface area contributed by atoms with Crippen LogP contribution in [-0.4, -0.2) is 52.9 Å². The van der Waals surface area contributed by atoms with Gasteiger partial charge in [0.1, 0.15) is 17.8 Å². The number of rotatable bonds is 6. The highest BCUT2D eigenvalue weighted by Gasteiger charge is 2.46. The number of pyridine rings is 2. The summed E-state index contributed by atoms with van der Waals surface area (Å²) in [4.78, 5) is 30.1. The zero-order chi connectivity index (χ0) is 27.4. The first kappa shape index (κ1) is 25.1. The van der Waals surface area contributed by atoms with Crippen LogP contribution < -0.4 is 10.2 Å². The predicted octanol–water partition coefficient (Wildman–Crippen LogP) is 4.40. The summed E-state index contributed by atoms with van der Waals surface area (Å²) >= 11 is 0. The first-order valence-corrected chi connectivity index (χ1v) is 14.3. The molecule has 10 heteroatoms. The van der Waals surface area contributed by atoms with Crippen LogP contribution in [0.2, 0.25) is 0 Å². The Labute approximate surface area is 233 Å². The number of imidazole rings is 1. The first-order chi connectivity index (χ1) is 19.5. The summed E-state index contributed by atoms with van der Waals surface area (Å²) in [6, 6.07) is 10.5. The van der Waals surface area contributed by atoms with Gasteiger partial charge in [0.25, 0.3) is 0 Å². The van der Waals surface area contributed by atoms with Crippen molar-refractivity contribution in [2.75, 3.05) is 11.6 Å². The molecule has 0 spiro atoms. The van der Waals surface area contributed by atoms with Crippen LogP contribution >= 0.6 is 0 Å². The Morgan fingerprint density at radius 1 is 1.02 bits per heavy atom. The van der Waals surface area contributed by atoms with Crippen LogP contribution in [0.5, 0.6) is 0 Å². The third-order valence-electron chi connectivity index (χ3n) is 8.78. The quantitative estimate of drug-likeness (QED) is 0.389. The number of carbonyl (C=O) groups is 1. The number of aromatic nitrogens is 7. The zero-order valence-corrected chi connectivity index (χ0v) is 23.2. The average molecular weight is 538 g/mol. The molecule has 2 saturated carbocycles. The molecule has 10 nitrogen and oxygen atoms in total. The molecule has 1 saturated heterocycles. The van der Waals surface area contributed by atoms with Gasteiger partial charge in [-0.3, -0.25) is 20.0 Å². The third kappa shape index (κ3) is 4.50. The number of nitrogens with zero attached hydrogens (tertiary/aromatic N) is 8. The van der Waals surface area contributed by atoms with Crippen molar-refractivity contribution in [1.29, 1.82) is 0 Å². The number of amides is 1. The van der Waals surface area contributed by atoms with E-state index in [1.807, 2.05) is 42.2 Å². The fraction of sp³-hybridized carbons (Fsp3) is 0.467. The Bertz CT molecular complexity index is 1520. The number of fused-ring (bicyclic) bond motifs is 1. The maximum absolute atomic E-state index is 14.1. The fourth-order valence-electron chi connectivity index (χ4n) is 6.38. The van der Waals surface area contributed by atoms with E-state index >= 15 is 0 Å². The summed E-state index contributed by atoms with van der Waals surface area (Å²) in [5.41, 5.74) is 4.11. The fourth-order valence-corrected chi connectivity index (χ4v) is 6.38. The molecule has 206 valence electrons. The maximum atomic E-state index is 14.1. The van der Waals surface area contributed by atoms with Gasteiger partial charge in [0.15, 0.2) is 5.82 Å². The molecule has 4 atom stereocenters. The highest BCUT2D eigenvalue weighted by Crippen LogP contribution is 2.46. The van der Waals surface area contributed by atoms with Crippen molar-refractivity contribution in [2.45, 2.75) is 76.4 Å². The van der Waals surface area contributed by atoms with Crippen LogP contribution in [0.15, 0.2) is 55.4 Å². The molecule has 0 aromatic carbocycles. The van der Waals surface area contributed by atoms with E-state index in [2.05, 4.69) is 57.2 Å². The number of nitrogens with one attached hydrogen (secondary N) is 1. The molecular formula is C30H35N9O. The zero-order valence-electron chi connectivity index (χ0n) is 23.2. The Balaban J connectivity index is 1.18. The molecule has 4 unspecified atom stereocenters. The van der Waals surface area contributed by atoms with Crippen LogP contribution in [0, 0.1) is 12.8 Å². The summed E-state index contributed by atoms with van der Waals surface area (Å²) < 4.78 is 4.25. The van der Waals surface area contributed by atoms with Crippen LogP contribution in [0.3, 0.4) is 0 Å². The third-order valence-corrected chi connectivity index (χ3v) is 8.78. The Kier molecular flexibility index (Phi) is 6.22. The number of carbonyl (C=O) groups excluding carboxylic acids is 1. The normalized spacial score (nSPS) is 24.9. The van der Waals surface area contributed by atoms with Gasteiger partial charge in [0.2, 0.25) is 5.91 Å². The van der Waals surface area contributed by atoms with Gasteiger partial charge in [0, 0.05) is 48.0 Å². The highest BCUT2D eigenvalue weighted by molar-refractivity contribution is 5.95. The number of hydrogen-bond donors (Lipinski definition) is 1. The molecule has 4 aromatic heterocycles. The Hall–Kier alpha value is -3.92. The molecule has 3 fully saturated rings. The van der Waals surface area contributed by atoms with Crippen molar-refractivity contribution in [1.82, 2.24) is 39.6 Å². The molecule has 40 heavy (non-hydrogen) atoms. The molecule has 1 amide bonds. The second-order valence-electron chi connectivity index (χ2n) is 11.8. The summed E-state index contributed by atoms with van der Waals surface area (Å²) in [5.74, 6) is 2.12. The van der Waals surface area contributed by atoms with Crippen molar-refractivity contribution in [3.63, 3.8) is 0 Å². The van der Waals surface area contributed by atoms with Crippen molar-refractivity contribution in [3.05, 3.63) is 72.3 Å². The lowest BCUT2D eigenvalue weighted by atomic mass is 9.71.